The van der Waals surface area contributed by atoms with Crippen LogP contribution in [0.4, 0.5) is 0 Å². The average Bonchev–Trinajstić information content (AvgIpc) is 3.45. The van der Waals surface area contributed by atoms with Crippen LogP contribution in [-0.4, -0.2) is 31.5 Å². The number of amides is 1. The Morgan fingerprint density at radius 1 is 1.00 bits per heavy atom. The Balaban J connectivity index is 1.64. The number of para-hydroxylation sites is 2. The maximum absolute atomic E-state index is 12.6. The molecule has 164 valence electrons. The van der Waals surface area contributed by atoms with Gasteiger partial charge in [0, 0.05) is 36.2 Å². The molecule has 33 heavy (non-hydrogen) atoms. The number of rotatable bonds is 4. The molecule has 1 N–H and O–H groups in total. The number of hydrazone groups is 1. The number of benzene rings is 3. The van der Waals surface area contributed by atoms with Crippen LogP contribution in [0.1, 0.15) is 36.1 Å². The first-order valence-electron chi connectivity index (χ1n) is 10.9. The first-order valence-corrected chi connectivity index (χ1v) is 10.9. The van der Waals surface area contributed by atoms with Crippen LogP contribution < -0.4 is 0 Å². The monoisotopic (exact) mass is 436 g/mol. The van der Waals surface area contributed by atoms with Crippen molar-refractivity contribution >= 4 is 11.6 Å². The van der Waals surface area contributed by atoms with Gasteiger partial charge in [-0.25, -0.2) is 9.69 Å². The number of aryl methyl sites for hydroxylation is 1. The Morgan fingerprint density at radius 3 is 2.48 bits per heavy atom. The van der Waals surface area contributed by atoms with Gasteiger partial charge >= 0.3 is 0 Å². The quantitative estimate of drug-likeness (QED) is 0.475. The molecule has 0 saturated heterocycles. The third-order valence-electron chi connectivity index (χ3n) is 5.86. The lowest BCUT2D eigenvalue weighted by molar-refractivity contribution is -0.130. The smallest absolute Gasteiger partial charge is 0.240 e. The molecule has 1 amide bonds. The number of nitrogens with zero attached hydrogens (tertiary/aromatic N) is 4. The predicted octanol–water partition coefficient (Wildman–Crippen LogP) is 5.25. The van der Waals surface area contributed by atoms with Crippen LogP contribution in [0.25, 0.3) is 16.9 Å². The summed E-state index contributed by atoms with van der Waals surface area (Å²) in [6, 6.07) is 24.9. The molecule has 6 nitrogen and oxygen atoms in total. The van der Waals surface area contributed by atoms with Gasteiger partial charge in [-0.05, 0) is 37.3 Å². The summed E-state index contributed by atoms with van der Waals surface area (Å²) in [5.41, 5.74) is 6.09. The molecule has 6 heteroatoms. The number of phenolic OH excluding ortho intramolecular Hbond substituents is 1. The van der Waals surface area contributed by atoms with Crippen LogP contribution in [0.3, 0.4) is 0 Å². The summed E-state index contributed by atoms with van der Waals surface area (Å²) in [7, 11) is 0. The van der Waals surface area contributed by atoms with Crippen molar-refractivity contribution in [3.63, 3.8) is 0 Å². The van der Waals surface area contributed by atoms with E-state index in [9.17, 15) is 9.90 Å². The van der Waals surface area contributed by atoms with Crippen LogP contribution in [0.5, 0.6) is 5.75 Å². The molecule has 5 rings (SSSR count). The van der Waals surface area contributed by atoms with Gasteiger partial charge in [0.05, 0.1) is 23.1 Å². The lowest BCUT2D eigenvalue weighted by Crippen LogP contribution is -2.24. The van der Waals surface area contributed by atoms with E-state index in [-0.39, 0.29) is 17.7 Å². The predicted molar refractivity (Wildman–Crippen MR) is 128 cm³/mol. The average molecular weight is 437 g/mol. The second kappa shape index (κ2) is 8.39. The summed E-state index contributed by atoms with van der Waals surface area (Å²) in [5, 5.41) is 21.4. The zero-order valence-corrected chi connectivity index (χ0v) is 18.5. The van der Waals surface area contributed by atoms with Gasteiger partial charge in [0.25, 0.3) is 0 Å². The summed E-state index contributed by atoms with van der Waals surface area (Å²) in [6.45, 7) is 3.56. The van der Waals surface area contributed by atoms with Gasteiger partial charge in [-0.2, -0.15) is 10.2 Å². The number of aromatic nitrogens is 2. The molecular weight excluding hydrogens is 412 g/mol. The fourth-order valence-corrected chi connectivity index (χ4v) is 4.28. The van der Waals surface area contributed by atoms with E-state index in [1.54, 1.807) is 12.1 Å². The molecule has 1 aromatic heterocycles. The topological polar surface area (TPSA) is 70.7 Å². The summed E-state index contributed by atoms with van der Waals surface area (Å²) in [5.74, 6) is -0.00707. The molecule has 2 heterocycles. The molecule has 0 radical (unpaired) electrons. The van der Waals surface area contributed by atoms with Gasteiger partial charge in [-0.15, -0.1) is 0 Å². The SMILES string of the molecule is CC(=O)N1N=C(c2ccccc2O)C[C@H]1c1cn(-c2ccccc2)nc1-c1cccc(C)c1. The minimum Gasteiger partial charge on any atom is -0.507 e. The van der Waals surface area contributed by atoms with Crippen molar-refractivity contribution in [2.75, 3.05) is 0 Å². The van der Waals surface area contributed by atoms with E-state index in [4.69, 9.17) is 5.10 Å². The molecule has 0 saturated carbocycles. The molecule has 4 aromatic rings. The maximum Gasteiger partial charge on any atom is 0.240 e. The van der Waals surface area contributed by atoms with E-state index < -0.39 is 0 Å². The number of hydrogen-bond donors (Lipinski definition) is 1. The van der Waals surface area contributed by atoms with Crippen molar-refractivity contribution in [1.29, 1.82) is 0 Å². The van der Waals surface area contributed by atoms with Crippen LogP contribution in [0.2, 0.25) is 0 Å². The van der Waals surface area contributed by atoms with E-state index in [0.717, 1.165) is 28.1 Å². The molecule has 1 aliphatic heterocycles. The summed E-state index contributed by atoms with van der Waals surface area (Å²) >= 11 is 0. The molecule has 3 aromatic carbocycles. The van der Waals surface area contributed by atoms with Crippen molar-refractivity contribution < 1.29 is 9.90 Å². The van der Waals surface area contributed by atoms with Gasteiger partial charge in [0.2, 0.25) is 5.91 Å². The summed E-state index contributed by atoms with van der Waals surface area (Å²) in [6.07, 6.45) is 2.47. The number of hydrogen-bond acceptors (Lipinski definition) is 4. The van der Waals surface area contributed by atoms with Gasteiger partial charge in [-0.1, -0.05) is 54.1 Å². The minimum absolute atomic E-state index is 0.152. The first kappa shape index (κ1) is 20.7. The highest BCUT2D eigenvalue weighted by Gasteiger charge is 2.35. The molecule has 0 spiro atoms. The van der Waals surface area contributed by atoms with Gasteiger partial charge < -0.3 is 5.11 Å². The highest BCUT2D eigenvalue weighted by molar-refractivity contribution is 6.05. The Morgan fingerprint density at radius 2 is 1.76 bits per heavy atom. The molecule has 1 aliphatic rings. The van der Waals surface area contributed by atoms with E-state index in [0.29, 0.717) is 17.7 Å². The van der Waals surface area contributed by atoms with Crippen molar-refractivity contribution in [3.8, 4) is 22.7 Å². The van der Waals surface area contributed by atoms with E-state index in [1.165, 1.54) is 11.9 Å². The van der Waals surface area contributed by atoms with Gasteiger partial charge in [-0.3, -0.25) is 4.79 Å². The first-order chi connectivity index (χ1) is 16.0. The zero-order chi connectivity index (χ0) is 22.9. The Bertz CT molecular complexity index is 1360. The highest BCUT2D eigenvalue weighted by Crippen LogP contribution is 2.39. The van der Waals surface area contributed by atoms with E-state index in [1.807, 2.05) is 78.5 Å². The second-order valence-electron chi connectivity index (χ2n) is 8.23. The van der Waals surface area contributed by atoms with Crippen molar-refractivity contribution in [3.05, 3.63) is 102 Å². The normalized spacial score (nSPS) is 15.5. The molecule has 0 fully saturated rings. The number of carbonyl (C=O) groups excluding carboxylic acids is 1. The van der Waals surface area contributed by atoms with Crippen molar-refractivity contribution in [1.82, 2.24) is 14.8 Å². The van der Waals surface area contributed by atoms with E-state index in [2.05, 4.69) is 11.2 Å². The van der Waals surface area contributed by atoms with Crippen LogP contribution >= 0.6 is 0 Å². The highest BCUT2D eigenvalue weighted by atomic mass is 16.3. The molecule has 0 unspecified atom stereocenters. The largest absolute Gasteiger partial charge is 0.507 e. The zero-order valence-electron chi connectivity index (χ0n) is 18.5. The van der Waals surface area contributed by atoms with E-state index >= 15 is 0 Å². The fourth-order valence-electron chi connectivity index (χ4n) is 4.28. The van der Waals surface area contributed by atoms with Crippen LogP contribution in [0, 0.1) is 6.92 Å². The second-order valence-corrected chi connectivity index (χ2v) is 8.23. The summed E-state index contributed by atoms with van der Waals surface area (Å²) < 4.78 is 1.85. The molecule has 0 bridgehead atoms. The Hall–Kier alpha value is -4.19. The van der Waals surface area contributed by atoms with Gasteiger partial charge in [0.1, 0.15) is 5.75 Å². The van der Waals surface area contributed by atoms with Gasteiger partial charge in [0.15, 0.2) is 0 Å². The third kappa shape index (κ3) is 3.91. The Kier molecular flexibility index (Phi) is 5.26. The minimum atomic E-state index is -0.329. The molecule has 0 aliphatic carbocycles. The number of carbonyl (C=O) groups is 1. The maximum atomic E-state index is 12.6. The number of phenols is 1. The lowest BCUT2D eigenvalue weighted by Gasteiger charge is -2.20. The number of aromatic hydroxyl groups is 1. The lowest BCUT2D eigenvalue weighted by atomic mass is 9.95. The van der Waals surface area contributed by atoms with Crippen LogP contribution in [0.15, 0.2) is 90.2 Å². The molecule has 1 atom stereocenters. The molecular formula is C27H24N4O2. The fraction of sp³-hybridized carbons (Fsp3) is 0.148. The third-order valence-corrected chi connectivity index (χ3v) is 5.86. The van der Waals surface area contributed by atoms with Crippen molar-refractivity contribution in [2.45, 2.75) is 26.3 Å². The summed E-state index contributed by atoms with van der Waals surface area (Å²) in [4.78, 5) is 12.6. The standard InChI is InChI=1S/C27H24N4O2/c1-18-9-8-10-20(15-18)27-23(17-30(29-27)21-11-4-3-5-12-21)25-16-24(28-31(25)19(2)32)22-13-6-7-14-26(22)33/h3-15,17,25,33H,16H2,1-2H3/t25-/m0/s1. The Labute approximate surface area is 192 Å². The van der Waals surface area contributed by atoms with Crippen molar-refractivity contribution in [2.24, 2.45) is 5.10 Å². The van der Waals surface area contributed by atoms with Crippen LogP contribution in [-0.2, 0) is 4.79 Å².